The summed E-state index contributed by atoms with van der Waals surface area (Å²) in [7, 11) is 1.59. The molecular weight excluding hydrogens is 486 g/mol. The zero-order valence-corrected chi connectivity index (χ0v) is 22.4. The Hall–Kier alpha value is -3.91. The van der Waals surface area contributed by atoms with Crippen molar-refractivity contribution in [1.29, 1.82) is 0 Å². The predicted octanol–water partition coefficient (Wildman–Crippen LogP) is 3.68. The van der Waals surface area contributed by atoms with Gasteiger partial charge in [0.1, 0.15) is 24.1 Å². The number of benzene rings is 2. The van der Waals surface area contributed by atoms with E-state index in [-0.39, 0.29) is 11.5 Å². The highest BCUT2D eigenvalue weighted by molar-refractivity contribution is 7.07. The van der Waals surface area contributed by atoms with Crippen LogP contribution in [0.3, 0.4) is 0 Å². The SMILES string of the molecule is C=CCOc1ccc(/C=c2/sc3n(c2=O)[C@@H](c2ccccc2OC)C(C(=O)N(CC)CC)=C(C)N=3)cc1. The lowest BCUT2D eigenvalue weighted by atomic mass is 9.94. The number of methoxy groups -OCH3 is 1. The third-order valence-electron chi connectivity index (χ3n) is 6.28. The molecule has 0 unspecified atom stereocenters. The van der Waals surface area contributed by atoms with E-state index in [2.05, 4.69) is 6.58 Å². The first kappa shape index (κ1) is 26.2. The van der Waals surface area contributed by atoms with Gasteiger partial charge in [-0.25, -0.2) is 4.99 Å². The average Bonchev–Trinajstić information content (AvgIpc) is 3.22. The Morgan fingerprint density at radius 1 is 1.16 bits per heavy atom. The van der Waals surface area contributed by atoms with Gasteiger partial charge in [0.15, 0.2) is 4.80 Å². The van der Waals surface area contributed by atoms with Crippen molar-refractivity contribution in [2.75, 3.05) is 26.8 Å². The van der Waals surface area contributed by atoms with Gasteiger partial charge < -0.3 is 14.4 Å². The quantitative estimate of drug-likeness (QED) is 0.406. The van der Waals surface area contributed by atoms with Gasteiger partial charge >= 0.3 is 0 Å². The fourth-order valence-corrected chi connectivity index (χ4v) is 5.48. The van der Waals surface area contributed by atoms with E-state index in [0.717, 1.165) is 16.9 Å². The Kier molecular flexibility index (Phi) is 8.08. The third kappa shape index (κ3) is 5.15. The molecule has 0 radical (unpaired) electrons. The molecule has 192 valence electrons. The van der Waals surface area contributed by atoms with Crippen LogP contribution in [0.1, 0.15) is 37.9 Å². The normalized spacial score (nSPS) is 15.1. The fraction of sp³-hybridized carbons (Fsp3) is 0.276. The molecule has 8 heteroatoms. The minimum Gasteiger partial charge on any atom is -0.496 e. The minimum absolute atomic E-state index is 0.133. The number of aromatic nitrogens is 1. The van der Waals surface area contributed by atoms with Gasteiger partial charge in [-0.1, -0.05) is 54.3 Å². The average molecular weight is 518 g/mol. The second-order valence-electron chi connectivity index (χ2n) is 8.47. The summed E-state index contributed by atoms with van der Waals surface area (Å²) in [5.41, 5.74) is 2.48. The first-order valence-electron chi connectivity index (χ1n) is 12.2. The maximum Gasteiger partial charge on any atom is 0.271 e. The second-order valence-corrected chi connectivity index (χ2v) is 9.48. The van der Waals surface area contributed by atoms with Gasteiger partial charge in [0.05, 0.1) is 22.9 Å². The van der Waals surface area contributed by atoms with Gasteiger partial charge in [-0.15, -0.1) is 0 Å². The van der Waals surface area contributed by atoms with Crippen LogP contribution in [0.4, 0.5) is 0 Å². The van der Waals surface area contributed by atoms with Crippen LogP contribution in [0.5, 0.6) is 11.5 Å². The van der Waals surface area contributed by atoms with E-state index in [4.69, 9.17) is 14.5 Å². The number of allylic oxidation sites excluding steroid dienone is 1. The molecule has 0 N–H and O–H groups in total. The number of nitrogens with zero attached hydrogens (tertiary/aromatic N) is 3. The van der Waals surface area contributed by atoms with Crippen molar-refractivity contribution in [1.82, 2.24) is 9.47 Å². The lowest BCUT2D eigenvalue weighted by Gasteiger charge is -2.29. The molecule has 37 heavy (non-hydrogen) atoms. The van der Waals surface area contributed by atoms with Gasteiger partial charge in [-0.05, 0) is 50.6 Å². The maximum atomic E-state index is 13.9. The molecule has 2 aromatic carbocycles. The Labute approximate surface area is 220 Å². The molecule has 7 nitrogen and oxygen atoms in total. The van der Waals surface area contributed by atoms with E-state index in [1.165, 1.54) is 11.3 Å². The van der Waals surface area contributed by atoms with Crippen molar-refractivity contribution in [3.05, 3.63) is 103 Å². The molecule has 1 aliphatic heterocycles. The molecule has 2 heterocycles. The molecule has 3 aromatic rings. The van der Waals surface area contributed by atoms with Crippen LogP contribution >= 0.6 is 11.3 Å². The Morgan fingerprint density at radius 3 is 2.51 bits per heavy atom. The molecule has 0 saturated heterocycles. The number of ether oxygens (including phenoxy) is 2. The third-order valence-corrected chi connectivity index (χ3v) is 7.26. The number of thiazole rings is 1. The summed E-state index contributed by atoms with van der Waals surface area (Å²) in [6.45, 7) is 10.9. The molecule has 0 spiro atoms. The number of carbonyl (C=O) groups is 1. The van der Waals surface area contributed by atoms with E-state index in [1.807, 2.05) is 75.4 Å². The minimum atomic E-state index is -0.655. The monoisotopic (exact) mass is 517 g/mol. The fourth-order valence-electron chi connectivity index (χ4n) is 4.43. The number of amides is 1. The van der Waals surface area contributed by atoms with E-state index in [9.17, 15) is 9.59 Å². The van der Waals surface area contributed by atoms with E-state index < -0.39 is 6.04 Å². The molecular formula is C29H31N3O4S. The van der Waals surface area contributed by atoms with E-state index in [0.29, 0.717) is 46.0 Å². The summed E-state index contributed by atoms with van der Waals surface area (Å²) in [4.78, 5) is 34.6. The summed E-state index contributed by atoms with van der Waals surface area (Å²) in [6.07, 6.45) is 3.53. The van der Waals surface area contributed by atoms with Crippen molar-refractivity contribution in [3.63, 3.8) is 0 Å². The summed E-state index contributed by atoms with van der Waals surface area (Å²) in [5.74, 6) is 1.20. The summed E-state index contributed by atoms with van der Waals surface area (Å²) < 4.78 is 13.4. The highest BCUT2D eigenvalue weighted by atomic mass is 32.1. The van der Waals surface area contributed by atoms with Crippen LogP contribution < -0.4 is 24.4 Å². The lowest BCUT2D eigenvalue weighted by Crippen LogP contribution is -2.43. The molecule has 0 aliphatic carbocycles. The number of rotatable bonds is 9. The number of hydrogen-bond acceptors (Lipinski definition) is 6. The van der Waals surface area contributed by atoms with Crippen LogP contribution in [0.2, 0.25) is 0 Å². The lowest BCUT2D eigenvalue weighted by molar-refractivity contribution is -0.127. The molecule has 1 aliphatic rings. The Morgan fingerprint density at radius 2 is 1.86 bits per heavy atom. The maximum absolute atomic E-state index is 13.9. The molecule has 0 bridgehead atoms. The van der Waals surface area contributed by atoms with Crippen molar-refractivity contribution in [2.24, 2.45) is 4.99 Å². The van der Waals surface area contributed by atoms with E-state index >= 15 is 0 Å². The van der Waals surface area contributed by atoms with Gasteiger partial charge in [-0.2, -0.15) is 0 Å². The first-order valence-corrected chi connectivity index (χ1v) is 13.0. The molecule has 0 saturated carbocycles. The van der Waals surface area contributed by atoms with Gasteiger partial charge in [0.2, 0.25) is 0 Å². The smallest absolute Gasteiger partial charge is 0.271 e. The number of carbonyl (C=O) groups excluding carboxylic acids is 1. The second kappa shape index (κ2) is 11.4. The topological polar surface area (TPSA) is 73.1 Å². The number of likely N-dealkylation sites (N-methyl/N-ethyl adjacent to an activating group) is 1. The molecule has 0 fully saturated rings. The van der Waals surface area contributed by atoms with Crippen LogP contribution in [0, 0.1) is 0 Å². The van der Waals surface area contributed by atoms with Crippen LogP contribution in [0.25, 0.3) is 6.08 Å². The van der Waals surface area contributed by atoms with Gasteiger partial charge in [0, 0.05) is 18.7 Å². The molecule has 4 rings (SSSR count). The largest absolute Gasteiger partial charge is 0.496 e. The molecule has 1 atom stereocenters. The van der Waals surface area contributed by atoms with Gasteiger partial charge in [-0.3, -0.25) is 14.2 Å². The summed E-state index contributed by atoms with van der Waals surface area (Å²) in [5, 5.41) is 0. The van der Waals surface area contributed by atoms with Crippen molar-refractivity contribution >= 4 is 23.3 Å². The van der Waals surface area contributed by atoms with Crippen molar-refractivity contribution in [2.45, 2.75) is 26.8 Å². The summed E-state index contributed by atoms with van der Waals surface area (Å²) >= 11 is 1.31. The molecule has 1 amide bonds. The van der Waals surface area contributed by atoms with Gasteiger partial charge in [0.25, 0.3) is 11.5 Å². The van der Waals surface area contributed by atoms with Crippen molar-refractivity contribution < 1.29 is 14.3 Å². The summed E-state index contributed by atoms with van der Waals surface area (Å²) in [6, 6.07) is 14.4. The number of para-hydroxylation sites is 1. The zero-order chi connectivity index (χ0) is 26.5. The molecule has 1 aromatic heterocycles. The number of fused-ring (bicyclic) bond motifs is 1. The zero-order valence-electron chi connectivity index (χ0n) is 21.6. The number of hydrogen-bond donors (Lipinski definition) is 0. The highest BCUT2D eigenvalue weighted by Crippen LogP contribution is 2.36. The Balaban J connectivity index is 1.90. The highest BCUT2D eigenvalue weighted by Gasteiger charge is 2.35. The Bertz CT molecular complexity index is 1510. The predicted molar refractivity (Wildman–Crippen MR) is 147 cm³/mol. The standard InChI is InChI=1S/C29H31N3O4S/c1-6-17-36-21-15-13-20(14-16-21)18-24-27(33)32-26(22-11-9-10-12-23(22)35-5)25(19(4)30-29(32)37-24)28(34)31(7-2)8-3/h6,9-16,18,26H,1,7-8,17H2,2-5H3/b24-18+/t26-/m0/s1. The van der Waals surface area contributed by atoms with Crippen LogP contribution in [0.15, 0.2) is 82.2 Å². The van der Waals surface area contributed by atoms with Crippen LogP contribution in [-0.2, 0) is 4.79 Å². The first-order chi connectivity index (χ1) is 17.9. The van der Waals surface area contributed by atoms with E-state index in [1.54, 1.807) is 22.7 Å². The van der Waals surface area contributed by atoms with Crippen molar-refractivity contribution in [3.8, 4) is 11.5 Å². The van der Waals surface area contributed by atoms with Crippen LogP contribution in [-0.4, -0.2) is 42.2 Å².